The van der Waals surface area contributed by atoms with Crippen molar-refractivity contribution in [1.82, 2.24) is 4.90 Å². The Morgan fingerprint density at radius 3 is 2.43 bits per heavy atom. The van der Waals surface area contributed by atoms with Crippen LogP contribution in [0.3, 0.4) is 0 Å². The minimum Gasteiger partial charge on any atom is -0.458 e. The van der Waals surface area contributed by atoms with Gasteiger partial charge in [-0.3, -0.25) is 4.90 Å². The van der Waals surface area contributed by atoms with Crippen molar-refractivity contribution in [1.29, 1.82) is 0 Å². The van der Waals surface area contributed by atoms with Crippen LogP contribution in [0.15, 0.2) is 35.1 Å². The molecule has 0 bridgehead atoms. The second-order valence-electron chi connectivity index (χ2n) is 5.18. The predicted molar refractivity (Wildman–Crippen MR) is 84.4 cm³/mol. The monoisotopic (exact) mass is 317 g/mol. The largest absolute Gasteiger partial charge is 0.458 e. The van der Waals surface area contributed by atoms with E-state index in [1.165, 1.54) is 12.5 Å². The van der Waals surface area contributed by atoms with Crippen molar-refractivity contribution < 1.29 is 23.4 Å². The molecule has 1 aliphatic heterocycles. The summed E-state index contributed by atoms with van der Waals surface area (Å²) < 4.78 is 21.7. The topological polar surface area (TPSA) is 61.1 Å². The molecule has 6 nitrogen and oxygen atoms in total. The molecule has 0 saturated heterocycles. The number of fused-ring (bicyclic) bond motifs is 2. The summed E-state index contributed by atoms with van der Waals surface area (Å²) in [5, 5.41) is 0.755. The van der Waals surface area contributed by atoms with E-state index in [-0.39, 0.29) is 12.0 Å². The lowest BCUT2D eigenvalue weighted by Crippen LogP contribution is -2.36. The summed E-state index contributed by atoms with van der Waals surface area (Å²) in [4.78, 5) is 14.3. The SMILES string of the molecule is CCN(CC)C(C)OC(=O)c1cc2cc3c(cc2o1)OC=CO3. The molecule has 0 N–H and O–H groups in total. The zero-order chi connectivity index (χ0) is 16.4. The Balaban J connectivity index is 1.81. The summed E-state index contributed by atoms with van der Waals surface area (Å²) in [5.41, 5.74) is 0.546. The Morgan fingerprint density at radius 1 is 1.13 bits per heavy atom. The lowest BCUT2D eigenvalue weighted by molar-refractivity contribution is -0.0220. The first-order valence-corrected chi connectivity index (χ1v) is 7.63. The highest BCUT2D eigenvalue weighted by atomic mass is 16.6. The normalized spacial score (nSPS) is 14.3. The maximum atomic E-state index is 12.3. The molecule has 1 aliphatic rings. The lowest BCUT2D eigenvalue weighted by atomic mass is 10.2. The van der Waals surface area contributed by atoms with Crippen molar-refractivity contribution in [2.24, 2.45) is 0 Å². The number of carbonyl (C=O) groups excluding carboxylic acids is 1. The molecule has 2 heterocycles. The number of esters is 1. The van der Waals surface area contributed by atoms with Crippen LogP contribution in [0, 0.1) is 0 Å². The van der Waals surface area contributed by atoms with E-state index in [2.05, 4.69) is 0 Å². The standard InChI is InChI=1S/C17H19NO5/c1-4-18(5-2)11(3)22-17(19)16-9-12-8-14-15(10-13(12)23-16)21-7-6-20-14/h6-11H,4-5H2,1-3H3. The van der Waals surface area contributed by atoms with E-state index in [1.54, 1.807) is 18.2 Å². The van der Waals surface area contributed by atoms with E-state index < -0.39 is 5.97 Å². The highest BCUT2D eigenvalue weighted by Crippen LogP contribution is 2.36. The molecule has 1 atom stereocenters. The van der Waals surface area contributed by atoms with Gasteiger partial charge in [-0.05, 0) is 32.1 Å². The summed E-state index contributed by atoms with van der Waals surface area (Å²) in [5.74, 6) is 0.802. The molecule has 0 radical (unpaired) electrons. The number of furan rings is 1. The van der Waals surface area contributed by atoms with E-state index in [0.29, 0.717) is 17.1 Å². The molecular weight excluding hydrogens is 298 g/mol. The van der Waals surface area contributed by atoms with Gasteiger partial charge in [-0.25, -0.2) is 4.79 Å². The average Bonchev–Trinajstić information content (AvgIpc) is 2.96. The molecule has 0 aliphatic carbocycles. The van der Waals surface area contributed by atoms with Gasteiger partial charge in [-0.2, -0.15) is 0 Å². The summed E-state index contributed by atoms with van der Waals surface area (Å²) >= 11 is 0. The smallest absolute Gasteiger partial charge is 0.375 e. The van der Waals surface area contributed by atoms with Crippen LogP contribution in [0.2, 0.25) is 0 Å². The van der Waals surface area contributed by atoms with Gasteiger partial charge in [-0.1, -0.05) is 13.8 Å². The van der Waals surface area contributed by atoms with E-state index in [0.717, 1.165) is 18.5 Å². The van der Waals surface area contributed by atoms with Gasteiger partial charge in [0.15, 0.2) is 17.7 Å². The molecule has 23 heavy (non-hydrogen) atoms. The maximum Gasteiger partial charge on any atom is 0.375 e. The van der Waals surface area contributed by atoms with E-state index >= 15 is 0 Å². The Bertz CT molecular complexity index is 700. The first-order chi connectivity index (χ1) is 11.1. The van der Waals surface area contributed by atoms with Gasteiger partial charge < -0.3 is 18.6 Å². The number of nitrogens with zero attached hydrogens (tertiary/aromatic N) is 1. The molecule has 122 valence electrons. The number of hydrogen-bond donors (Lipinski definition) is 0. The Labute approximate surface area is 134 Å². The predicted octanol–water partition coefficient (Wildman–Crippen LogP) is 3.52. The Hall–Kier alpha value is -2.47. The van der Waals surface area contributed by atoms with Gasteiger partial charge in [0.25, 0.3) is 0 Å². The molecule has 3 rings (SSSR count). The van der Waals surface area contributed by atoms with Crippen LogP contribution >= 0.6 is 0 Å². The van der Waals surface area contributed by atoms with E-state index in [4.69, 9.17) is 18.6 Å². The number of carbonyl (C=O) groups is 1. The van der Waals surface area contributed by atoms with Crippen molar-refractivity contribution >= 4 is 16.9 Å². The molecule has 0 saturated carbocycles. The number of ether oxygens (including phenoxy) is 3. The van der Waals surface area contributed by atoms with E-state index in [1.807, 2.05) is 25.7 Å². The summed E-state index contributed by atoms with van der Waals surface area (Å²) in [6.45, 7) is 7.50. The molecule has 0 spiro atoms. The minimum atomic E-state index is -0.487. The average molecular weight is 317 g/mol. The van der Waals surface area contributed by atoms with Crippen LogP contribution < -0.4 is 9.47 Å². The van der Waals surface area contributed by atoms with Crippen molar-refractivity contribution in [2.45, 2.75) is 27.0 Å². The first-order valence-electron chi connectivity index (χ1n) is 7.63. The highest BCUT2D eigenvalue weighted by molar-refractivity contribution is 5.93. The van der Waals surface area contributed by atoms with Crippen LogP contribution in [0.25, 0.3) is 11.0 Å². The first kappa shape index (κ1) is 15.4. The summed E-state index contributed by atoms with van der Waals surface area (Å²) in [6.07, 6.45) is 2.59. The maximum absolute atomic E-state index is 12.3. The van der Waals surface area contributed by atoms with Gasteiger partial charge >= 0.3 is 5.97 Å². The zero-order valence-corrected chi connectivity index (χ0v) is 13.4. The Morgan fingerprint density at radius 2 is 1.78 bits per heavy atom. The number of benzene rings is 1. The van der Waals surface area contributed by atoms with Gasteiger partial charge in [0.2, 0.25) is 5.76 Å². The molecule has 1 aromatic heterocycles. The third kappa shape index (κ3) is 3.03. The van der Waals surface area contributed by atoms with Crippen LogP contribution in [-0.4, -0.2) is 30.2 Å². The third-order valence-corrected chi connectivity index (χ3v) is 3.83. The van der Waals surface area contributed by atoms with Gasteiger partial charge in [0, 0.05) is 11.5 Å². The quantitative estimate of drug-likeness (QED) is 0.621. The number of rotatable bonds is 5. The number of hydrogen-bond acceptors (Lipinski definition) is 6. The van der Waals surface area contributed by atoms with Gasteiger partial charge in [0.1, 0.15) is 18.1 Å². The third-order valence-electron chi connectivity index (χ3n) is 3.83. The summed E-state index contributed by atoms with van der Waals surface area (Å²) in [6, 6.07) is 5.11. The molecule has 0 fully saturated rings. The fourth-order valence-electron chi connectivity index (χ4n) is 2.56. The highest BCUT2D eigenvalue weighted by Gasteiger charge is 2.21. The van der Waals surface area contributed by atoms with Crippen molar-refractivity contribution in [3.8, 4) is 11.5 Å². The van der Waals surface area contributed by atoms with Crippen LogP contribution in [-0.2, 0) is 4.74 Å². The van der Waals surface area contributed by atoms with E-state index in [9.17, 15) is 4.79 Å². The molecule has 6 heteroatoms. The van der Waals surface area contributed by atoms with Crippen molar-refractivity contribution in [3.63, 3.8) is 0 Å². The fourth-order valence-corrected chi connectivity index (χ4v) is 2.56. The Kier molecular flexibility index (Phi) is 4.25. The molecule has 1 unspecified atom stereocenters. The van der Waals surface area contributed by atoms with Gasteiger partial charge in [0.05, 0.1) is 0 Å². The van der Waals surface area contributed by atoms with Crippen molar-refractivity contribution in [3.05, 3.63) is 36.5 Å². The minimum absolute atomic E-state index is 0.161. The summed E-state index contributed by atoms with van der Waals surface area (Å²) in [7, 11) is 0. The van der Waals surface area contributed by atoms with Crippen LogP contribution in [0.5, 0.6) is 11.5 Å². The van der Waals surface area contributed by atoms with Crippen LogP contribution in [0.4, 0.5) is 0 Å². The molecule has 0 amide bonds. The molecule has 2 aromatic rings. The van der Waals surface area contributed by atoms with Crippen LogP contribution in [0.1, 0.15) is 31.3 Å². The zero-order valence-electron chi connectivity index (χ0n) is 13.4. The second kappa shape index (κ2) is 6.34. The van der Waals surface area contributed by atoms with Crippen molar-refractivity contribution in [2.75, 3.05) is 13.1 Å². The fraction of sp³-hybridized carbons (Fsp3) is 0.353. The lowest BCUT2D eigenvalue weighted by Gasteiger charge is -2.25. The second-order valence-corrected chi connectivity index (χ2v) is 5.18. The molecule has 1 aromatic carbocycles. The molecular formula is C17H19NO5. The van der Waals surface area contributed by atoms with Gasteiger partial charge in [-0.15, -0.1) is 0 Å².